The van der Waals surface area contributed by atoms with Crippen molar-refractivity contribution in [3.63, 3.8) is 0 Å². The van der Waals surface area contributed by atoms with E-state index >= 15 is 0 Å². The molecule has 0 aliphatic carbocycles. The van der Waals surface area contributed by atoms with E-state index in [-0.39, 0.29) is 0 Å². The van der Waals surface area contributed by atoms with E-state index in [0.29, 0.717) is 10.0 Å². The van der Waals surface area contributed by atoms with Crippen LogP contribution in [0.5, 0.6) is 5.75 Å². The lowest BCUT2D eigenvalue weighted by molar-refractivity contribution is 0.415. The number of thiocarbonyl (C=S) groups is 1. The molecule has 0 spiro atoms. The zero-order valence-corrected chi connectivity index (χ0v) is 18.7. The van der Waals surface area contributed by atoms with Crippen molar-refractivity contribution in [2.24, 2.45) is 10.2 Å². The standard InChI is InChI=1S/C24H20N4OS2/c1-29-20-15-13-19(14-16-20)25-26-22-21(17-9-5-3-6-10-17)27-28(24(30)31-2)23(22)18-11-7-4-8-12-18/h3-16H,1-2H3. The normalized spacial score (nSPS) is 11.0. The first kappa shape index (κ1) is 21.0. The highest BCUT2D eigenvalue weighted by Crippen LogP contribution is 2.40. The Hall–Kier alpha value is -3.29. The molecule has 4 aromatic rings. The maximum absolute atomic E-state index is 5.61. The van der Waals surface area contributed by atoms with Gasteiger partial charge in [-0.2, -0.15) is 10.2 Å². The first-order valence-electron chi connectivity index (χ1n) is 9.59. The third-order valence-electron chi connectivity index (χ3n) is 4.64. The molecule has 0 amide bonds. The SMILES string of the molecule is COc1ccc(N=Nc2c(-c3ccccc3)nn(C(=S)SC)c2-c2ccccc2)cc1. The minimum atomic E-state index is 0.641. The van der Waals surface area contributed by atoms with Crippen LogP contribution in [0.4, 0.5) is 11.4 Å². The fourth-order valence-corrected chi connectivity index (χ4v) is 3.56. The summed E-state index contributed by atoms with van der Waals surface area (Å²) in [6.07, 6.45) is 1.94. The van der Waals surface area contributed by atoms with Crippen LogP contribution >= 0.6 is 24.0 Å². The molecule has 0 unspecified atom stereocenters. The Bertz CT molecular complexity index is 1200. The van der Waals surface area contributed by atoms with Gasteiger partial charge in [0.15, 0.2) is 4.32 Å². The van der Waals surface area contributed by atoms with E-state index in [1.54, 1.807) is 11.8 Å². The maximum atomic E-state index is 5.61. The molecule has 0 saturated heterocycles. The van der Waals surface area contributed by atoms with Gasteiger partial charge in [0.1, 0.15) is 22.8 Å². The fourth-order valence-electron chi connectivity index (χ4n) is 3.13. The largest absolute Gasteiger partial charge is 0.497 e. The van der Waals surface area contributed by atoms with E-state index in [9.17, 15) is 0 Å². The highest BCUT2D eigenvalue weighted by molar-refractivity contribution is 8.22. The average Bonchev–Trinajstić information content (AvgIpc) is 3.23. The summed E-state index contributed by atoms with van der Waals surface area (Å²) in [6.45, 7) is 0. The monoisotopic (exact) mass is 444 g/mol. The van der Waals surface area contributed by atoms with E-state index in [4.69, 9.17) is 22.1 Å². The van der Waals surface area contributed by atoms with Gasteiger partial charge in [0, 0.05) is 11.1 Å². The molecule has 0 bridgehead atoms. The van der Waals surface area contributed by atoms with E-state index in [1.165, 1.54) is 11.8 Å². The lowest BCUT2D eigenvalue weighted by Gasteiger charge is -2.07. The Kier molecular flexibility index (Phi) is 6.54. The summed E-state index contributed by atoms with van der Waals surface area (Å²) in [5.74, 6) is 0.770. The number of nitrogens with zero attached hydrogens (tertiary/aromatic N) is 4. The van der Waals surface area contributed by atoms with E-state index in [1.807, 2.05) is 91.2 Å². The number of hydrogen-bond donors (Lipinski definition) is 0. The number of ether oxygens (including phenoxy) is 1. The molecule has 0 saturated carbocycles. The van der Waals surface area contributed by atoms with Gasteiger partial charge in [0.05, 0.1) is 12.8 Å². The molecule has 4 rings (SSSR count). The minimum absolute atomic E-state index is 0.641. The molecule has 0 fully saturated rings. The van der Waals surface area contributed by atoms with Gasteiger partial charge in [-0.25, -0.2) is 4.68 Å². The van der Waals surface area contributed by atoms with Crippen molar-refractivity contribution in [2.45, 2.75) is 0 Å². The highest BCUT2D eigenvalue weighted by atomic mass is 32.2. The Morgan fingerprint density at radius 3 is 2.06 bits per heavy atom. The van der Waals surface area contributed by atoms with Gasteiger partial charge in [-0.05, 0) is 30.5 Å². The lowest BCUT2D eigenvalue weighted by atomic mass is 10.1. The number of thioether (sulfide) groups is 1. The zero-order chi connectivity index (χ0) is 21.6. The van der Waals surface area contributed by atoms with Crippen molar-refractivity contribution >= 4 is 39.7 Å². The van der Waals surface area contributed by atoms with Crippen LogP contribution in [0.2, 0.25) is 0 Å². The van der Waals surface area contributed by atoms with Crippen molar-refractivity contribution in [3.8, 4) is 28.3 Å². The zero-order valence-electron chi connectivity index (χ0n) is 17.1. The van der Waals surface area contributed by atoms with Crippen LogP contribution in [-0.4, -0.2) is 27.5 Å². The van der Waals surface area contributed by atoms with Crippen molar-refractivity contribution in [1.29, 1.82) is 0 Å². The molecule has 154 valence electrons. The third kappa shape index (κ3) is 4.57. The van der Waals surface area contributed by atoms with Crippen LogP contribution in [0, 0.1) is 0 Å². The third-order valence-corrected chi connectivity index (χ3v) is 5.84. The van der Waals surface area contributed by atoms with Gasteiger partial charge < -0.3 is 4.74 Å². The molecule has 7 heteroatoms. The first-order valence-corrected chi connectivity index (χ1v) is 11.2. The van der Waals surface area contributed by atoms with Crippen LogP contribution in [0.3, 0.4) is 0 Å². The Morgan fingerprint density at radius 2 is 1.48 bits per heavy atom. The maximum Gasteiger partial charge on any atom is 0.161 e. The van der Waals surface area contributed by atoms with Crippen LogP contribution in [0.15, 0.2) is 95.2 Å². The molecule has 1 aromatic heterocycles. The van der Waals surface area contributed by atoms with Crippen molar-refractivity contribution in [2.75, 3.05) is 13.4 Å². The predicted octanol–water partition coefficient (Wildman–Crippen LogP) is 7.14. The van der Waals surface area contributed by atoms with E-state index < -0.39 is 0 Å². The Morgan fingerprint density at radius 1 is 0.871 bits per heavy atom. The van der Waals surface area contributed by atoms with Crippen molar-refractivity contribution in [1.82, 2.24) is 9.78 Å². The molecule has 0 aliphatic rings. The van der Waals surface area contributed by atoms with Gasteiger partial charge in [-0.15, -0.1) is 5.11 Å². The second-order valence-corrected chi connectivity index (χ2v) is 8.00. The van der Waals surface area contributed by atoms with Gasteiger partial charge in [0.2, 0.25) is 0 Å². The van der Waals surface area contributed by atoms with Crippen molar-refractivity contribution < 1.29 is 4.74 Å². The lowest BCUT2D eigenvalue weighted by Crippen LogP contribution is -2.08. The van der Waals surface area contributed by atoms with Gasteiger partial charge >= 0.3 is 0 Å². The highest BCUT2D eigenvalue weighted by Gasteiger charge is 2.22. The van der Waals surface area contributed by atoms with Gasteiger partial charge in [-0.1, -0.05) is 84.6 Å². The van der Waals surface area contributed by atoms with Crippen LogP contribution in [-0.2, 0) is 0 Å². The molecule has 0 atom stereocenters. The molecule has 1 heterocycles. The summed E-state index contributed by atoms with van der Waals surface area (Å²) in [6, 6.07) is 27.4. The summed E-state index contributed by atoms with van der Waals surface area (Å²) in [7, 11) is 1.64. The summed E-state index contributed by atoms with van der Waals surface area (Å²) in [5, 5.41) is 14.0. The molecular formula is C24H20N4OS2. The van der Waals surface area contributed by atoms with Crippen LogP contribution in [0.1, 0.15) is 0 Å². The van der Waals surface area contributed by atoms with Crippen molar-refractivity contribution in [3.05, 3.63) is 84.9 Å². The molecule has 0 aliphatic heterocycles. The summed E-state index contributed by atoms with van der Waals surface area (Å²) < 4.78 is 7.64. The topological polar surface area (TPSA) is 51.8 Å². The number of hydrogen-bond acceptors (Lipinski definition) is 6. The molecular weight excluding hydrogens is 424 g/mol. The fraction of sp³-hybridized carbons (Fsp3) is 0.0833. The first-order chi connectivity index (χ1) is 15.2. The molecule has 5 nitrogen and oxygen atoms in total. The number of benzene rings is 3. The van der Waals surface area contributed by atoms with E-state index in [0.717, 1.165) is 34.0 Å². The Balaban J connectivity index is 1.92. The molecule has 3 aromatic carbocycles. The second kappa shape index (κ2) is 9.68. The number of azo groups is 1. The Labute approximate surface area is 190 Å². The predicted molar refractivity (Wildman–Crippen MR) is 132 cm³/mol. The minimum Gasteiger partial charge on any atom is -0.497 e. The number of rotatable bonds is 5. The summed E-state index contributed by atoms with van der Waals surface area (Å²) in [4.78, 5) is 0. The van der Waals surface area contributed by atoms with Gasteiger partial charge in [0.25, 0.3) is 0 Å². The van der Waals surface area contributed by atoms with Gasteiger partial charge in [-0.3, -0.25) is 0 Å². The van der Waals surface area contributed by atoms with Crippen LogP contribution in [0.25, 0.3) is 22.5 Å². The summed E-state index contributed by atoms with van der Waals surface area (Å²) >= 11 is 7.08. The van der Waals surface area contributed by atoms with Crippen LogP contribution < -0.4 is 4.74 Å². The van der Waals surface area contributed by atoms with E-state index in [2.05, 4.69) is 10.2 Å². The second-order valence-electron chi connectivity index (χ2n) is 6.56. The smallest absolute Gasteiger partial charge is 0.161 e. The number of aromatic nitrogens is 2. The molecule has 31 heavy (non-hydrogen) atoms. The molecule has 0 N–H and O–H groups in total. The number of methoxy groups -OCH3 is 1. The summed E-state index contributed by atoms with van der Waals surface area (Å²) in [5.41, 5.74) is 4.86. The molecule has 0 radical (unpaired) electrons. The average molecular weight is 445 g/mol. The quantitative estimate of drug-likeness (QED) is 0.242.